The van der Waals surface area contributed by atoms with Crippen LogP contribution in [0.5, 0.6) is 0 Å². The summed E-state index contributed by atoms with van der Waals surface area (Å²) in [4.78, 5) is 19.3. The van der Waals surface area contributed by atoms with Gasteiger partial charge in [-0.2, -0.15) is 0 Å². The quantitative estimate of drug-likeness (QED) is 0.766. The Morgan fingerprint density at radius 3 is 3.16 bits per heavy atom. The number of hydrogen-bond donors (Lipinski definition) is 2. The number of carbonyl (C=O) groups excluding carboxylic acids is 1. The zero-order valence-corrected chi connectivity index (χ0v) is 11.0. The van der Waals surface area contributed by atoms with Crippen molar-refractivity contribution in [3.05, 3.63) is 52.6 Å². The summed E-state index contributed by atoms with van der Waals surface area (Å²) in [5, 5.41) is 6.94. The fraction of sp³-hybridized carbons (Fsp3) is 0.143. The van der Waals surface area contributed by atoms with Gasteiger partial charge in [0.1, 0.15) is 0 Å². The number of nitrogens with one attached hydrogen (secondary N) is 2. The average Bonchev–Trinajstić information content (AvgIpc) is 3.08. The van der Waals surface area contributed by atoms with Crippen LogP contribution in [0, 0.1) is 0 Å². The molecule has 0 fully saturated rings. The first-order valence-corrected chi connectivity index (χ1v) is 6.94. The lowest BCUT2D eigenvalue weighted by Gasteiger charge is -2.04. The van der Waals surface area contributed by atoms with Crippen LogP contribution < -0.4 is 5.32 Å². The number of H-pyrrole nitrogens is 1. The molecule has 2 heterocycles. The Labute approximate surface area is 114 Å². The minimum absolute atomic E-state index is 0.0420. The zero-order chi connectivity index (χ0) is 13.1. The summed E-state index contributed by atoms with van der Waals surface area (Å²) < 4.78 is 0. The maximum Gasteiger partial charge on any atom is 0.251 e. The third kappa shape index (κ3) is 2.66. The second kappa shape index (κ2) is 5.24. The number of carbonyl (C=O) groups is 1. The lowest BCUT2D eigenvalue weighted by atomic mass is 10.1. The van der Waals surface area contributed by atoms with Crippen molar-refractivity contribution in [1.29, 1.82) is 0 Å². The molecule has 0 atom stereocenters. The first kappa shape index (κ1) is 11.9. The van der Waals surface area contributed by atoms with E-state index in [0.717, 1.165) is 22.3 Å². The highest BCUT2D eigenvalue weighted by molar-refractivity contribution is 7.09. The molecular weight excluding hydrogens is 258 g/mol. The monoisotopic (exact) mass is 271 g/mol. The van der Waals surface area contributed by atoms with Gasteiger partial charge in [-0.25, -0.2) is 4.98 Å². The Morgan fingerprint density at radius 1 is 1.37 bits per heavy atom. The third-order valence-electron chi connectivity index (χ3n) is 2.92. The highest BCUT2D eigenvalue weighted by Crippen LogP contribution is 2.14. The van der Waals surface area contributed by atoms with Crippen LogP contribution in [0.2, 0.25) is 0 Å². The Kier molecular flexibility index (Phi) is 3.29. The van der Waals surface area contributed by atoms with Gasteiger partial charge in [0, 0.05) is 47.2 Å². The van der Waals surface area contributed by atoms with E-state index in [2.05, 4.69) is 15.3 Å². The molecule has 1 aromatic carbocycles. The van der Waals surface area contributed by atoms with Crippen LogP contribution in [0.4, 0.5) is 0 Å². The van der Waals surface area contributed by atoms with Crippen LogP contribution in [-0.4, -0.2) is 22.4 Å². The van der Waals surface area contributed by atoms with Gasteiger partial charge in [-0.1, -0.05) is 0 Å². The second-order valence-corrected chi connectivity index (χ2v) is 5.19. The number of amides is 1. The summed E-state index contributed by atoms with van der Waals surface area (Å²) in [5.41, 5.74) is 1.73. The molecule has 1 amide bonds. The number of hydrogen-bond acceptors (Lipinski definition) is 3. The number of rotatable bonds is 4. The minimum atomic E-state index is -0.0420. The van der Waals surface area contributed by atoms with Crippen molar-refractivity contribution in [3.8, 4) is 0 Å². The molecule has 0 aliphatic heterocycles. The molecule has 0 aliphatic carbocycles. The molecule has 0 saturated heterocycles. The van der Waals surface area contributed by atoms with Gasteiger partial charge >= 0.3 is 0 Å². The Bertz CT molecular complexity index is 688. The van der Waals surface area contributed by atoms with Crippen LogP contribution in [-0.2, 0) is 6.42 Å². The highest BCUT2D eigenvalue weighted by Gasteiger charge is 2.06. The number of nitrogens with zero attached hydrogens (tertiary/aromatic N) is 1. The summed E-state index contributed by atoms with van der Waals surface area (Å²) in [6.45, 7) is 0.609. The highest BCUT2D eigenvalue weighted by atomic mass is 32.1. The smallest absolute Gasteiger partial charge is 0.251 e. The molecule has 19 heavy (non-hydrogen) atoms. The number of fused-ring (bicyclic) bond motifs is 1. The van der Waals surface area contributed by atoms with E-state index in [0.29, 0.717) is 12.1 Å². The van der Waals surface area contributed by atoms with Crippen molar-refractivity contribution in [1.82, 2.24) is 15.3 Å². The molecule has 2 N–H and O–H groups in total. The number of aromatic nitrogens is 2. The zero-order valence-electron chi connectivity index (χ0n) is 10.2. The largest absolute Gasteiger partial charge is 0.361 e. The lowest BCUT2D eigenvalue weighted by Crippen LogP contribution is -2.25. The SMILES string of the molecule is O=C(NCCc1nccs1)c1ccc2[nH]ccc2c1. The molecule has 3 rings (SSSR count). The van der Waals surface area contributed by atoms with Crippen LogP contribution >= 0.6 is 11.3 Å². The van der Waals surface area contributed by atoms with Gasteiger partial charge in [-0.3, -0.25) is 4.79 Å². The molecule has 0 unspecified atom stereocenters. The van der Waals surface area contributed by atoms with Gasteiger partial charge in [0.05, 0.1) is 5.01 Å². The average molecular weight is 271 g/mol. The van der Waals surface area contributed by atoms with Crippen molar-refractivity contribution in [2.75, 3.05) is 6.54 Å². The Hall–Kier alpha value is -2.14. The maximum atomic E-state index is 12.0. The molecule has 4 nitrogen and oxygen atoms in total. The summed E-state index contributed by atoms with van der Waals surface area (Å²) >= 11 is 1.61. The van der Waals surface area contributed by atoms with Gasteiger partial charge in [0.2, 0.25) is 0 Å². The van der Waals surface area contributed by atoms with Gasteiger partial charge in [-0.15, -0.1) is 11.3 Å². The van der Waals surface area contributed by atoms with Gasteiger partial charge in [0.15, 0.2) is 0 Å². The van der Waals surface area contributed by atoms with Crippen molar-refractivity contribution in [2.45, 2.75) is 6.42 Å². The van der Waals surface area contributed by atoms with E-state index in [9.17, 15) is 4.79 Å². The van der Waals surface area contributed by atoms with E-state index in [-0.39, 0.29) is 5.91 Å². The van der Waals surface area contributed by atoms with Crippen molar-refractivity contribution < 1.29 is 4.79 Å². The molecular formula is C14H13N3OS. The topological polar surface area (TPSA) is 57.8 Å². The Balaban J connectivity index is 1.63. The van der Waals surface area contributed by atoms with E-state index in [1.165, 1.54) is 0 Å². The molecule has 2 aromatic heterocycles. The second-order valence-electron chi connectivity index (χ2n) is 4.21. The summed E-state index contributed by atoms with van der Waals surface area (Å²) in [6.07, 6.45) is 4.42. The van der Waals surface area contributed by atoms with Crippen molar-refractivity contribution >= 4 is 28.1 Å². The fourth-order valence-electron chi connectivity index (χ4n) is 1.96. The van der Waals surface area contributed by atoms with Crippen LogP contribution in [0.25, 0.3) is 10.9 Å². The minimum Gasteiger partial charge on any atom is -0.361 e. The number of benzene rings is 1. The molecule has 0 spiro atoms. The predicted octanol–water partition coefficient (Wildman–Crippen LogP) is 2.60. The van der Waals surface area contributed by atoms with E-state index >= 15 is 0 Å². The van der Waals surface area contributed by atoms with Gasteiger partial charge < -0.3 is 10.3 Å². The molecule has 0 radical (unpaired) electrons. The summed E-state index contributed by atoms with van der Waals surface area (Å²) in [7, 11) is 0. The van der Waals surface area contributed by atoms with Crippen molar-refractivity contribution in [2.24, 2.45) is 0 Å². The molecule has 5 heteroatoms. The van der Waals surface area contributed by atoms with Crippen LogP contribution in [0.15, 0.2) is 42.0 Å². The molecule has 0 saturated carbocycles. The molecule has 0 bridgehead atoms. The third-order valence-corrected chi connectivity index (χ3v) is 3.76. The molecule has 0 aliphatic rings. The maximum absolute atomic E-state index is 12.0. The van der Waals surface area contributed by atoms with Crippen LogP contribution in [0.1, 0.15) is 15.4 Å². The van der Waals surface area contributed by atoms with E-state index in [4.69, 9.17) is 0 Å². The predicted molar refractivity (Wildman–Crippen MR) is 76.4 cm³/mol. The first-order valence-electron chi connectivity index (χ1n) is 6.06. The van der Waals surface area contributed by atoms with E-state index in [1.54, 1.807) is 17.5 Å². The van der Waals surface area contributed by atoms with Crippen LogP contribution in [0.3, 0.4) is 0 Å². The molecule has 3 aromatic rings. The van der Waals surface area contributed by atoms with E-state index in [1.807, 2.05) is 35.8 Å². The summed E-state index contributed by atoms with van der Waals surface area (Å²) in [6, 6.07) is 7.61. The first-order chi connectivity index (χ1) is 9.33. The van der Waals surface area contributed by atoms with Gasteiger partial charge in [0.25, 0.3) is 5.91 Å². The number of thiazole rings is 1. The standard InChI is InChI=1S/C14H13N3OS/c18-14(17-6-4-13-16-7-8-19-13)11-1-2-12-10(9-11)3-5-15-12/h1-3,5,7-9,15H,4,6H2,(H,17,18). The normalized spacial score (nSPS) is 10.7. The van der Waals surface area contributed by atoms with Crippen molar-refractivity contribution in [3.63, 3.8) is 0 Å². The van der Waals surface area contributed by atoms with Gasteiger partial charge in [-0.05, 0) is 24.3 Å². The fourth-order valence-corrected chi connectivity index (χ4v) is 2.58. The number of aromatic amines is 1. The summed E-state index contributed by atoms with van der Waals surface area (Å²) in [5.74, 6) is -0.0420. The lowest BCUT2D eigenvalue weighted by molar-refractivity contribution is 0.0954. The molecule has 96 valence electrons. The Morgan fingerprint density at radius 2 is 2.32 bits per heavy atom. The van der Waals surface area contributed by atoms with E-state index < -0.39 is 0 Å².